The van der Waals surface area contributed by atoms with Gasteiger partial charge in [-0.15, -0.1) is 0 Å². The fraction of sp³-hybridized carbons (Fsp3) is 0.182. The van der Waals surface area contributed by atoms with Gasteiger partial charge in [-0.1, -0.05) is 12.6 Å². The van der Waals surface area contributed by atoms with Crippen molar-refractivity contribution in [3.05, 3.63) is 30.9 Å². The Morgan fingerprint density at radius 3 is 2.19 bits per heavy atom. The number of amides is 1. The van der Waals surface area contributed by atoms with Crippen LogP contribution in [0.15, 0.2) is 40.6 Å². The summed E-state index contributed by atoms with van der Waals surface area (Å²) in [4.78, 5) is 10.5. The Hall–Kier alpha value is -1.75. The lowest BCUT2D eigenvalue weighted by atomic mass is 10.2. The minimum atomic E-state index is -5.01. The number of rotatable bonds is 5. The van der Waals surface area contributed by atoms with E-state index in [1.165, 1.54) is 6.92 Å². The van der Waals surface area contributed by atoms with E-state index in [-0.39, 0.29) is 12.2 Å². The quantitative estimate of drug-likeness (QED) is 0.599. The predicted molar refractivity (Wildman–Crippen MR) is 74.3 cm³/mol. The molecule has 0 aliphatic carbocycles. The number of nitrogens with zero attached hydrogens (tertiary/aromatic N) is 1. The molecule has 0 aromatic heterocycles. The first-order valence-corrected chi connectivity index (χ1v) is 8.44. The largest absolute Gasteiger partial charge is 0.308 e. The Labute approximate surface area is 122 Å². The van der Waals surface area contributed by atoms with Crippen LogP contribution < -0.4 is 4.90 Å². The number of hydrogen-bond donors (Lipinski definition) is 2. The smallest absolute Gasteiger partial charge is 0.298 e. The molecule has 0 aliphatic heterocycles. The van der Waals surface area contributed by atoms with Gasteiger partial charge in [-0.25, -0.2) is 0 Å². The summed E-state index contributed by atoms with van der Waals surface area (Å²) in [6.45, 7) is 4.74. The third kappa shape index (κ3) is 3.67. The van der Waals surface area contributed by atoms with Gasteiger partial charge in [0, 0.05) is 6.54 Å². The zero-order chi connectivity index (χ0) is 16.4. The highest BCUT2D eigenvalue weighted by atomic mass is 32.2. The highest BCUT2D eigenvalue weighted by Gasteiger charge is 2.30. The molecule has 0 atom stereocenters. The van der Waals surface area contributed by atoms with Gasteiger partial charge in [0.15, 0.2) is 0 Å². The lowest BCUT2D eigenvalue weighted by Gasteiger charge is -2.22. The molecule has 0 unspecified atom stereocenters. The molecular formula is C11H13NO7S2. The van der Waals surface area contributed by atoms with E-state index < -0.39 is 35.9 Å². The molecule has 0 saturated carbocycles. The summed E-state index contributed by atoms with van der Waals surface area (Å²) >= 11 is 0. The Morgan fingerprint density at radius 1 is 1.24 bits per heavy atom. The normalized spacial score (nSPS) is 12.0. The zero-order valence-corrected chi connectivity index (χ0v) is 12.6. The van der Waals surface area contributed by atoms with Crippen LogP contribution in [0.1, 0.15) is 6.92 Å². The van der Waals surface area contributed by atoms with Gasteiger partial charge in [-0.3, -0.25) is 13.9 Å². The number of carbonyl (C=O) groups is 1. The van der Waals surface area contributed by atoms with Crippen molar-refractivity contribution in [3.63, 3.8) is 0 Å². The Kier molecular flexibility index (Phi) is 4.89. The minimum absolute atomic E-state index is 0.0116. The van der Waals surface area contributed by atoms with E-state index in [9.17, 15) is 26.2 Å². The molecule has 1 aromatic carbocycles. The van der Waals surface area contributed by atoms with Gasteiger partial charge in [0.2, 0.25) is 5.91 Å². The standard InChI is InChI=1S/C11H13NO7S2/c1-3-10(13)12(4-2)8-6-5-7-9(20(14,15)16)11(8)21(17,18)19/h3,5-7H,1,4H2,2H3,(H,14,15,16)(H,17,18,19). The third-order valence-corrected chi connectivity index (χ3v) is 4.51. The van der Waals surface area contributed by atoms with Gasteiger partial charge >= 0.3 is 0 Å². The summed E-state index contributed by atoms with van der Waals surface area (Å²) in [6, 6.07) is 3.06. The molecule has 2 N–H and O–H groups in total. The Morgan fingerprint density at radius 2 is 1.81 bits per heavy atom. The molecule has 0 spiro atoms. The van der Waals surface area contributed by atoms with E-state index in [2.05, 4.69) is 6.58 Å². The average molecular weight is 335 g/mol. The fourth-order valence-electron chi connectivity index (χ4n) is 1.73. The first-order valence-electron chi connectivity index (χ1n) is 5.56. The lowest BCUT2D eigenvalue weighted by Crippen LogP contribution is -2.30. The third-order valence-electron chi connectivity index (χ3n) is 2.54. The van der Waals surface area contributed by atoms with Crippen LogP contribution in [-0.4, -0.2) is 38.4 Å². The fourth-order valence-corrected chi connectivity index (χ4v) is 3.72. The van der Waals surface area contributed by atoms with Crippen molar-refractivity contribution in [2.45, 2.75) is 16.7 Å². The Balaban J connectivity index is 3.84. The van der Waals surface area contributed by atoms with E-state index in [0.717, 1.165) is 29.2 Å². The maximum Gasteiger partial charge on any atom is 0.298 e. The van der Waals surface area contributed by atoms with Crippen molar-refractivity contribution in [2.24, 2.45) is 0 Å². The molecule has 0 aliphatic rings. The molecule has 1 rings (SSSR count). The number of benzene rings is 1. The highest BCUT2D eigenvalue weighted by molar-refractivity contribution is 7.89. The van der Waals surface area contributed by atoms with E-state index in [0.29, 0.717) is 0 Å². The van der Waals surface area contributed by atoms with Crippen molar-refractivity contribution >= 4 is 31.8 Å². The van der Waals surface area contributed by atoms with Gasteiger partial charge in [-0.2, -0.15) is 16.8 Å². The van der Waals surface area contributed by atoms with Crippen molar-refractivity contribution in [1.29, 1.82) is 0 Å². The molecule has 116 valence electrons. The molecule has 1 amide bonds. The zero-order valence-electron chi connectivity index (χ0n) is 10.9. The van der Waals surface area contributed by atoms with Crippen LogP contribution in [0.2, 0.25) is 0 Å². The van der Waals surface area contributed by atoms with Crippen LogP contribution in [0.3, 0.4) is 0 Å². The number of hydrogen-bond acceptors (Lipinski definition) is 5. The van der Waals surface area contributed by atoms with E-state index >= 15 is 0 Å². The second-order valence-corrected chi connectivity index (χ2v) is 6.59. The predicted octanol–water partition coefficient (Wildman–Crippen LogP) is 0.719. The summed E-state index contributed by atoms with van der Waals surface area (Å²) < 4.78 is 63.8. The average Bonchev–Trinajstić information content (AvgIpc) is 2.36. The van der Waals surface area contributed by atoms with Gasteiger partial charge in [0.25, 0.3) is 20.2 Å². The van der Waals surface area contributed by atoms with Crippen molar-refractivity contribution in [3.8, 4) is 0 Å². The van der Waals surface area contributed by atoms with Crippen molar-refractivity contribution in [2.75, 3.05) is 11.4 Å². The first-order chi connectivity index (χ1) is 9.54. The molecule has 0 fully saturated rings. The molecule has 0 heterocycles. The summed E-state index contributed by atoms with van der Waals surface area (Å²) in [5.74, 6) is -0.699. The molecule has 10 heteroatoms. The van der Waals surface area contributed by atoms with E-state index in [1.807, 2.05) is 0 Å². The first kappa shape index (κ1) is 17.3. The van der Waals surface area contributed by atoms with Crippen molar-refractivity contribution in [1.82, 2.24) is 0 Å². The van der Waals surface area contributed by atoms with Crippen LogP contribution in [0, 0.1) is 0 Å². The number of likely N-dealkylation sites (N-methyl/N-ethyl adjacent to an activating group) is 1. The maximum absolute atomic E-state index is 11.7. The molecule has 0 radical (unpaired) electrons. The molecule has 8 nitrogen and oxygen atoms in total. The molecule has 21 heavy (non-hydrogen) atoms. The maximum atomic E-state index is 11.7. The molecule has 0 saturated heterocycles. The number of carbonyl (C=O) groups excluding carboxylic acids is 1. The van der Waals surface area contributed by atoms with Gasteiger partial charge < -0.3 is 4.90 Å². The van der Waals surface area contributed by atoms with Gasteiger partial charge in [-0.05, 0) is 25.1 Å². The van der Waals surface area contributed by atoms with Crippen LogP contribution >= 0.6 is 0 Å². The van der Waals surface area contributed by atoms with E-state index in [1.54, 1.807) is 0 Å². The second-order valence-electron chi connectivity index (χ2n) is 3.84. The summed E-state index contributed by atoms with van der Waals surface area (Å²) in [5.41, 5.74) is -0.375. The monoisotopic (exact) mass is 335 g/mol. The molecular weight excluding hydrogens is 322 g/mol. The van der Waals surface area contributed by atoms with Gasteiger partial charge in [0.05, 0.1) is 5.69 Å². The van der Waals surface area contributed by atoms with Gasteiger partial charge in [0.1, 0.15) is 9.79 Å². The van der Waals surface area contributed by atoms with Crippen LogP contribution in [0.5, 0.6) is 0 Å². The highest BCUT2D eigenvalue weighted by Crippen LogP contribution is 2.31. The second kappa shape index (κ2) is 5.93. The topological polar surface area (TPSA) is 129 Å². The SMILES string of the molecule is C=CC(=O)N(CC)c1cccc(S(=O)(=O)O)c1S(=O)(=O)O. The van der Waals surface area contributed by atoms with Crippen LogP contribution in [0.25, 0.3) is 0 Å². The summed E-state index contributed by atoms with van der Waals surface area (Å²) in [5, 5.41) is 0. The van der Waals surface area contributed by atoms with Crippen LogP contribution in [0.4, 0.5) is 5.69 Å². The van der Waals surface area contributed by atoms with E-state index in [4.69, 9.17) is 4.55 Å². The number of anilines is 1. The summed E-state index contributed by atoms with van der Waals surface area (Å²) in [6.07, 6.45) is 0.900. The molecule has 0 bridgehead atoms. The summed E-state index contributed by atoms with van der Waals surface area (Å²) in [7, 11) is -9.93. The van der Waals surface area contributed by atoms with Crippen LogP contribution in [-0.2, 0) is 25.0 Å². The molecule has 1 aromatic rings. The lowest BCUT2D eigenvalue weighted by molar-refractivity contribution is -0.114. The minimum Gasteiger partial charge on any atom is -0.308 e. The van der Waals surface area contributed by atoms with Crippen molar-refractivity contribution < 1.29 is 30.7 Å². The Bertz CT molecular complexity index is 781.